The van der Waals surface area contributed by atoms with Crippen molar-refractivity contribution in [1.29, 1.82) is 0 Å². The monoisotopic (exact) mass is 483 g/mol. The number of aliphatic imine (C=N–C) groups is 1. The highest BCUT2D eigenvalue weighted by atomic mass is 35.5. The molecule has 2 aromatic rings. The van der Waals surface area contributed by atoms with Gasteiger partial charge in [0.05, 0.1) is 34.6 Å². The van der Waals surface area contributed by atoms with E-state index in [0.717, 1.165) is 29.9 Å². The van der Waals surface area contributed by atoms with Crippen LogP contribution in [-0.2, 0) is 11.3 Å². The molecule has 0 atom stereocenters. The first kappa shape index (κ1) is 24.0. The van der Waals surface area contributed by atoms with Crippen molar-refractivity contribution in [1.82, 2.24) is 9.80 Å². The molecule has 1 saturated heterocycles. The van der Waals surface area contributed by atoms with Crippen LogP contribution in [0.25, 0.3) is 0 Å². The van der Waals surface area contributed by atoms with Crippen LogP contribution in [0.1, 0.15) is 39.1 Å². The Kier molecular flexibility index (Phi) is 6.81. The Morgan fingerprint density at radius 3 is 2.21 bits per heavy atom. The van der Waals surface area contributed by atoms with Gasteiger partial charge in [0.2, 0.25) is 0 Å². The number of hydrogen-bond acceptors (Lipinski definition) is 5. The lowest BCUT2D eigenvalue weighted by Crippen LogP contribution is -2.55. The number of ether oxygens (including phenoxy) is 1. The van der Waals surface area contributed by atoms with E-state index < -0.39 is 5.54 Å². The molecule has 2 amide bonds. The van der Waals surface area contributed by atoms with Gasteiger partial charge in [-0.05, 0) is 29.8 Å². The minimum Gasteiger partial charge on any atom is -0.381 e. The van der Waals surface area contributed by atoms with E-state index in [1.807, 2.05) is 24.3 Å². The van der Waals surface area contributed by atoms with Crippen molar-refractivity contribution in [2.24, 2.45) is 4.99 Å². The summed E-state index contributed by atoms with van der Waals surface area (Å²) >= 11 is 6.15. The van der Waals surface area contributed by atoms with E-state index in [0.29, 0.717) is 41.6 Å². The molecule has 0 aliphatic carbocycles. The van der Waals surface area contributed by atoms with E-state index in [4.69, 9.17) is 21.3 Å². The zero-order valence-corrected chi connectivity index (χ0v) is 20.7. The Morgan fingerprint density at radius 1 is 1.00 bits per heavy atom. The molecule has 0 saturated carbocycles. The Balaban J connectivity index is 1.78. The first-order valence-electron chi connectivity index (χ1n) is 11.2. The molecule has 1 spiro atoms. The largest absolute Gasteiger partial charge is 0.381 e. The molecule has 2 heterocycles. The van der Waals surface area contributed by atoms with Crippen LogP contribution in [-0.4, -0.2) is 74.4 Å². The number of halogens is 1. The van der Waals surface area contributed by atoms with Gasteiger partial charge in [0, 0.05) is 59.3 Å². The Labute approximate surface area is 204 Å². The maximum Gasteiger partial charge on any atom is 0.254 e. The third-order valence-electron chi connectivity index (χ3n) is 6.17. The van der Waals surface area contributed by atoms with E-state index in [2.05, 4.69) is 10.6 Å². The molecule has 0 bridgehead atoms. The lowest BCUT2D eigenvalue weighted by molar-refractivity contribution is 0.0776. The summed E-state index contributed by atoms with van der Waals surface area (Å²) in [6, 6.07) is 11.1. The number of nitrogens with zero attached hydrogens (tertiary/aromatic N) is 3. The molecule has 0 aromatic heterocycles. The van der Waals surface area contributed by atoms with Crippen molar-refractivity contribution in [2.75, 3.05) is 52.0 Å². The molecular weight excluding hydrogens is 454 g/mol. The van der Waals surface area contributed by atoms with Crippen LogP contribution in [0.3, 0.4) is 0 Å². The summed E-state index contributed by atoms with van der Waals surface area (Å²) < 4.78 is 5.63. The fourth-order valence-electron chi connectivity index (χ4n) is 4.28. The predicted molar refractivity (Wildman–Crippen MR) is 135 cm³/mol. The SMILES string of the molecule is CN(C)C(=O)c1cc2c(cc1C(=O)N(C)C)NC1(CCOCC1)C(=NCc1cccc(Cl)c1)N2. The summed E-state index contributed by atoms with van der Waals surface area (Å²) in [5.74, 6) is 0.327. The summed E-state index contributed by atoms with van der Waals surface area (Å²) in [5, 5.41) is 7.79. The second kappa shape index (κ2) is 9.64. The second-order valence-corrected chi connectivity index (χ2v) is 9.52. The highest BCUT2D eigenvalue weighted by Crippen LogP contribution is 2.39. The van der Waals surface area contributed by atoms with Gasteiger partial charge >= 0.3 is 0 Å². The number of carbonyl (C=O) groups is 2. The molecule has 2 aromatic carbocycles. The van der Waals surface area contributed by atoms with Crippen LogP contribution in [0.5, 0.6) is 0 Å². The molecule has 1 fully saturated rings. The lowest BCUT2D eigenvalue weighted by Gasteiger charge is -2.44. The molecule has 34 heavy (non-hydrogen) atoms. The molecule has 4 rings (SSSR count). The number of benzene rings is 2. The van der Waals surface area contributed by atoms with E-state index in [1.54, 1.807) is 40.3 Å². The summed E-state index contributed by atoms with van der Waals surface area (Å²) in [4.78, 5) is 33.8. The lowest BCUT2D eigenvalue weighted by atomic mass is 9.85. The zero-order valence-electron chi connectivity index (χ0n) is 19.9. The first-order valence-corrected chi connectivity index (χ1v) is 11.6. The number of anilines is 2. The molecule has 0 radical (unpaired) electrons. The van der Waals surface area contributed by atoms with Crippen molar-refractivity contribution in [2.45, 2.75) is 24.9 Å². The molecule has 0 unspecified atom stereocenters. The van der Waals surface area contributed by atoms with Crippen LogP contribution < -0.4 is 10.6 Å². The van der Waals surface area contributed by atoms with E-state index in [-0.39, 0.29) is 11.8 Å². The van der Waals surface area contributed by atoms with Gasteiger partial charge in [-0.1, -0.05) is 23.7 Å². The molecule has 2 aliphatic heterocycles. The molecule has 8 nitrogen and oxygen atoms in total. The fraction of sp³-hybridized carbons (Fsp3) is 0.400. The van der Waals surface area contributed by atoms with Crippen LogP contribution in [0.15, 0.2) is 41.4 Å². The Morgan fingerprint density at radius 2 is 1.62 bits per heavy atom. The number of nitrogens with one attached hydrogen (secondary N) is 2. The van der Waals surface area contributed by atoms with E-state index in [9.17, 15) is 9.59 Å². The number of rotatable bonds is 4. The summed E-state index contributed by atoms with van der Waals surface area (Å²) in [6.07, 6.45) is 1.45. The predicted octanol–water partition coefficient (Wildman–Crippen LogP) is 3.73. The highest BCUT2D eigenvalue weighted by molar-refractivity contribution is 6.30. The Bertz CT molecular complexity index is 1140. The van der Waals surface area contributed by atoms with Crippen molar-refractivity contribution < 1.29 is 14.3 Å². The summed E-state index contributed by atoms with van der Waals surface area (Å²) in [5.41, 5.74) is 2.74. The molecule has 9 heteroatoms. The highest BCUT2D eigenvalue weighted by Gasteiger charge is 2.42. The van der Waals surface area contributed by atoms with E-state index in [1.165, 1.54) is 9.80 Å². The van der Waals surface area contributed by atoms with Crippen LogP contribution in [0, 0.1) is 0 Å². The number of fused-ring (bicyclic) bond motifs is 1. The topological polar surface area (TPSA) is 86.3 Å². The smallest absolute Gasteiger partial charge is 0.254 e. The number of hydrogen-bond donors (Lipinski definition) is 2. The standard InChI is InChI=1S/C25H30ClN5O3/c1-30(2)22(32)18-13-20-21(14-19(18)23(33)31(3)4)29-25(8-10-34-11-9-25)24(28-20)27-15-16-6-5-7-17(26)12-16/h5-7,12-14,29H,8-11,15H2,1-4H3,(H,27,28). The van der Waals surface area contributed by atoms with Gasteiger partial charge in [-0.2, -0.15) is 0 Å². The summed E-state index contributed by atoms with van der Waals surface area (Å²) in [6.45, 7) is 1.66. The van der Waals surface area contributed by atoms with Crippen LogP contribution in [0.4, 0.5) is 11.4 Å². The quantitative estimate of drug-likeness (QED) is 0.692. The molecule has 180 valence electrons. The van der Waals surface area contributed by atoms with Crippen molar-refractivity contribution in [3.05, 3.63) is 58.1 Å². The van der Waals surface area contributed by atoms with Crippen molar-refractivity contribution >= 4 is 40.6 Å². The number of amides is 2. The van der Waals surface area contributed by atoms with Crippen LogP contribution in [0.2, 0.25) is 5.02 Å². The second-order valence-electron chi connectivity index (χ2n) is 9.08. The fourth-order valence-corrected chi connectivity index (χ4v) is 4.50. The zero-order chi connectivity index (χ0) is 24.5. The molecule has 2 N–H and O–H groups in total. The van der Waals surface area contributed by atoms with Gasteiger partial charge in [0.25, 0.3) is 11.8 Å². The minimum absolute atomic E-state index is 0.226. The van der Waals surface area contributed by atoms with Crippen LogP contribution >= 0.6 is 11.6 Å². The maximum atomic E-state index is 12.9. The average Bonchev–Trinajstić information content (AvgIpc) is 2.81. The van der Waals surface area contributed by atoms with Gasteiger partial charge in [-0.15, -0.1) is 0 Å². The number of carbonyl (C=O) groups excluding carboxylic acids is 2. The third kappa shape index (κ3) is 4.74. The first-order chi connectivity index (χ1) is 16.2. The van der Waals surface area contributed by atoms with Gasteiger partial charge in [0.15, 0.2) is 0 Å². The van der Waals surface area contributed by atoms with Gasteiger partial charge in [-0.3, -0.25) is 14.6 Å². The van der Waals surface area contributed by atoms with Gasteiger partial charge in [0.1, 0.15) is 5.84 Å². The third-order valence-corrected chi connectivity index (χ3v) is 6.40. The number of amidine groups is 1. The van der Waals surface area contributed by atoms with Gasteiger partial charge < -0.3 is 25.2 Å². The normalized spacial score (nSPS) is 17.5. The van der Waals surface area contributed by atoms with Crippen molar-refractivity contribution in [3.8, 4) is 0 Å². The van der Waals surface area contributed by atoms with E-state index >= 15 is 0 Å². The average molecular weight is 484 g/mol. The van der Waals surface area contributed by atoms with Gasteiger partial charge in [-0.25, -0.2) is 0 Å². The summed E-state index contributed by atoms with van der Waals surface area (Å²) in [7, 11) is 6.70. The maximum absolute atomic E-state index is 12.9. The van der Waals surface area contributed by atoms with Crippen molar-refractivity contribution in [3.63, 3.8) is 0 Å². The Hall–Kier alpha value is -3.10. The molecular formula is C25H30ClN5O3. The minimum atomic E-state index is -0.449. The molecule has 2 aliphatic rings.